The van der Waals surface area contributed by atoms with E-state index in [1.165, 1.54) is 23.3 Å². The molecule has 0 radical (unpaired) electrons. The molecule has 0 heterocycles. The van der Waals surface area contributed by atoms with E-state index in [-0.39, 0.29) is 0 Å². The molecule has 1 aliphatic carbocycles. The molecule has 0 aliphatic heterocycles. The third-order valence-electron chi connectivity index (χ3n) is 3.92. The zero-order valence-corrected chi connectivity index (χ0v) is 12.8. The predicted octanol–water partition coefficient (Wildman–Crippen LogP) is 3.90. The van der Waals surface area contributed by atoms with Gasteiger partial charge in [-0.1, -0.05) is 45.0 Å². The van der Waals surface area contributed by atoms with E-state index in [1.54, 1.807) is 0 Å². The molecule has 0 bridgehead atoms. The van der Waals surface area contributed by atoms with Gasteiger partial charge >= 0.3 is 0 Å². The number of nitrogens with one attached hydrogen (secondary N) is 1. The largest absolute Gasteiger partial charge is 0.309 e. The fraction of sp³-hybridized carbons (Fsp3) is 0.625. The molecule has 1 aliphatic rings. The topological polar surface area (TPSA) is 12.0 Å². The highest BCUT2D eigenvalue weighted by atomic mass is 32.2. The van der Waals surface area contributed by atoms with E-state index in [4.69, 9.17) is 0 Å². The molecule has 1 aromatic carbocycles. The van der Waals surface area contributed by atoms with Crippen LogP contribution >= 0.6 is 11.8 Å². The van der Waals surface area contributed by atoms with Crippen molar-refractivity contribution in [3.63, 3.8) is 0 Å². The number of hydrogen-bond acceptors (Lipinski definition) is 2. The second-order valence-electron chi connectivity index (χ2n) is 6.27. The van der Waals surface area contributed by atoms with E-state index in [2.05, 4.69) is 56.6 Å². The summed E-state index contributed by atoms with van der Waals surface area (Å²) >= 11 is 1.94. The van der Waals surface area contributed by atoms with Gasteiger partial charge in [0.1, 0.15) is 0 Å². The summed E-state index contributed by atoms with van der Waals surface area (Å²) in [5.41, 5.74) is 3.37. The Hall–Kier alpha value is -0.470. The molecule has 2 atom stereocenters. The highest BCUT2D eigenvalue weighted by Crippen LogP contribution is 2.44. The number of thioether (sulfide) groups is 1. The van der Waals surface area contributed by atoms with Crippen molar-refractivity contribution in [3.8, 4) is 0 Å². The van der Waals surface area contributed by atoms with Gasteiger partial charge in [0.25, 0.3) is 0 Å². The van der Waals surface area contributed by atoms with Crippen LogP contribution in [0.3, 0.4) is 0 Å². The van der Waals surface area contributed by atoms with Crippen LogP contribution in [0.4, 0.5) is 0 Å². The van der Waals surface area contributed by atoms with Gasteiger partial charge in [-0.3, -0.25) is 0 Å². The molecule has 0 spiro atoms. The molecule has 18 heavy (non-hydrogen) atoms. The van der Waals surface area contributed by atoms with Crippen molar-refractivity contribution >= 4 is 11.8 Å². The average molecular weight is 263 g/mol. The monoisotopic (exact) mass is 263 g/mol. The molecular formula is C16H25NS. The molecular weight excluding hydrogens is 238 g/mol. The smallest absolute Gasteiger partial charge is 0.0377 e. The second kappa shape index (κ2) is 5.66. The van der Waals surface area contributed by atoms with Crippen molar-refractivity contribution in [2.24, 2.45) is 11.3 Å². The van der Waals surface area contributed by atoms with Crippen LogP contribution in [-0.4, -0.2) is 18.6 Å². The summed E-state index contributed by atoms with van der Waals surface area (Å²) in [5, 5.41) is 3.80. The van der Waals surface area contributed by atoms with Crippen molar-refractivity contribution in [1.82, 2.24) is 5.32 Å². The lowest BCUT2D eigenvalue weighted by Crippen LogP contribution is -2.34. The lowest BCUT2D eigenvalue weighted by molar-refractivity contribution is 0.262. The molecule has 0 aromatic heterocycles. The average Bonchev–Trinajstić information content (AvgIpc) is 2.56. The molecule has 0 amide bonds. The Kier molecular flexibility index (Phi) is 4.39. The summed E-state index contributed by atoms with van der Waals surface area (Å²) in [6.45, 7) is 8.20. The lowest BCUT2D eigenvalue weighted by atomic mass is 9.85. The SMILES string of the molecule is CSCC(C)CNC1c2ccccc2CC1(C)C. The standard InChI is InChI=1S/C16H25NS/c1-12(11-18-4)10-17-15-14-8-6-5-7-13(14)9-16(15,2)3/h5-8,12,15,17H,9-11H2,1-4H3. The van der Waals surface area contributed by atoms with Gasteiger partial charge in [-0.05, 0) is 47.4 Å². The maximum Gasteiger partial charge on any atom is 0.0377 e. The molecule has 0 fully saturated rings. The minimum absolute atomic E-state index is 0.336. The van der Waals surface area contributed by atoms with Gasteiger partial charge in [-0.2, -0.15) is 11.8 Å². The summed E-state index contributed by atoms with van der Waals surface area (Å²) in [5.74, 6) is 1.98. The Morgan fingerprint density at radius 1 is 1.39 bits per heavy atom. The minimum atomic E-state index is 0.336. The lowest BCUT2D eigenvalue weighted by Gasteiger charge is -2.29. The van der Waals surface area contributed by atoms with E-state index in [0.717, 1.165) is 12.5 Å². The molecule has 1 aromatic rings. The highest BCUT2D eigenvalue weighted by molar-refractivity contribution is 7.98. The first-order valence-corrected chi connectivity index (χ1v) is 8.24. The fourth-order valence-corrected chi connectivity index (χ4v) is 3.73. The van der Waals surface area contributed by atoms with Crippen LogP contribution in [0.1, 0.15) is 37.9 Å². The number of rotatable bonds is 5. The number of hydrogen-bond donors (Lipinski definition) is 1. The van der Waals surface area contributed by atoms with Gasteiger partial charge in [0.2, 0.25) is 0 Å². The predicted molar refractivity (Wildman–Crippen MR) is 82.2 cm³/mol. The van der Waals surface area contributed by atoms with Crippen LogP contribution in [-0.2, 0) is 6.42 Å². The maximum atomic E-state index is 3.80. The Balaban J connectivity index is 2.06. The first-order chi connectivity index (χ1) is 8.54. The van der Waals surface area contributed by atoms with Crippen LogP contribution in [0.15, 0.2) is 24.3 Å². The first-order valence-electron chi connectivity index (χ1n) is 6.84. The van der Waals surface area contributed by atoms with Gasteiger partial charge in [-0.25, -0.2) is 0 Å². The molecule has 1 N–H and O–H groups in total. The highest BCUT2D eigenvalue weighted by Gasteiger charge is 2.38. The first kappa shape index (κ1) is 14.0. The fourth-order valence-electron chi connectivity index (χ4n) is 3.04. The van der Waals surface area contributed by atoms with Crippen LogP contribution in [0.2, 0.25) is 0 Å². The van der Waals surface area contributed by atoms with Gasteiger partial charge in [0, 0.05) is 6.04 Å². The molecule has 0 saturated heterocycles. The Morgan fingerprint density at radius 3 is 2.83 bits per heavy atom. The van der Waals surface area contributed by atoms with Gasteiger partial charge in [-0.15, -0.1) is 0 Å². The summed E-state index contributed by atoms with van der Waals surface area (Å²) in [6.07, 6.45) is 3.38. The minimum Gasteiger partial charge on any atom is -0.309 e. The van der Waals surface area contributed by atoms with Crippen LogP contribution in [0.25, 0.3) is 0 Å². The van der Waals surface area contributed by atoms with Crippen molar-refractivity contribution in [1.29, 1.82) is 0 Å². The molecule has 0 saturated carbocycles. The number of fused-ring (bicyclic) bond motifs is 1. The number of benzene rings is 1. The molecule has 2 unspecified atom stereocenters. The van der Waals surface area contributed by atoms with Crippen LogP contribution in [0.5, 0.6) is 0 Å². The quantitative estimate of drug-likeness (QED) is 0.864. The molecule has 2 rings (SSSR count). The molecule has 1 nitrogen and oxygen atoms in total. The normalized spacial score (nSPS) is 22.8. The van der Waals surface area contributed by atoms with Crippen molar-refractivity contribution in [3.05, 3.63) is 35.4 Å². The van der Waals surface area contributed by atoms with E-state index in [9.17, 15) is 0 Å². The summed E-state index contributed by atoms with van der Waals surface area (Å²) in [7, 11) is 0. The van der Waals surface area contributed by atoms with Gasteiger partial charge in [0.05, 0.1) is 0 Å². The molecule has 2 heteroatoms. The van der Waals surface area contributed by atoms with Crippen LogP contribution in [0, 0.1) is 11.3 Å². The molecule has 100 valence electrons. The maximum absolute atomic E-state index is 3.80. The summed E-state index contributed by atoms with van der Waals surface area (Å²) in [6, 6.07) is 9.41. The summed E-state index contributed by atoms with van der Waals surface area (Å²) in [4.78, 5) is 0. The van der Waals surface area contributed by atoms with Crippen LogP contribution < -0.4 is 5.32 Å². The zero-order chi connectivity index (χ0) is 13.2. The van der Waals surface area contributed by atoms with E-state index < -0.39 is 0 Å². The Labute approximate surface area is 116 Å². The Bertz CT molecular complexity index is 400. The Morgan fingerprint density at radius 2 is 2.11 bits per heavy atom. The second-order valence-corrected chi connectivity index (χ2v) is 7.18. The van der Waals surface area contributed by atoms with Crippen molar-refractivity contribution in [2.75, 3.05) is 18.6 Å². The third-order valence-corrected chi connectivity index (χ3v) is 4.82. The van der Waals surface area contributed by atoms with Crippen molar-refractivity contribution < 1.29 is 0 Å². The summed E-state index contributed by atoms with van der Waals surface area (Å²) < 4.78 is 0. The van der Waals surface area contributed by atoms with E-state index >= 15 is 0 Å². The van der Waals surface area contributed by atoms with Gasteiger partial charge < -0.3 is 5.32 Å². The van der Waals surface area contributed by atoms with E-state index in [1.807, 2.05) is 11.8 Å². The van der Waals surface area contributed by atoms with Gasteiger partial charge in [0.15, 0.2) is 0 Å². The van der Waals surface area contributed by atoms with Crippen molar-refractivity contribution in [2.45, 2.75) is 33.2 Å². The van der Waals surface area contributed by atoms with E-state index in [0.29, 0.717) is 11.5 Å². The third kappa shape index (κ3) is 2.92. The zero-order valence-electron chi connectivity index (χ0n) is 12.0.